The van der Waals surface area contributed by atoms with E-state index in [9.17, 15) is 4.79 Å². The molecule has 0 aliphatic rings. The zero-order valence-electron chi connectivity index (χ0n) is 10.8. The van der Waals surface area contributed by atoms with Crippen LogP contribution in [0.4, 0.5) is 0 Å². The predicted molar refractivity (Wildman–Crippen MR) is 77.7 cm³/mol. The first kappa shape index (κ1) is 14.1. The summed E-state index contributed by atoms with van der Waals surface area (Å²) in [7, 11) is 0. The monoisotopic (exact) mass is 286 g/mol. The van der Waals surface area contributed by atoms with Crippen LogP contribution in [0.15, 0.2) is 41.8 Å². The summed E-state index contributed by atoms with van der Waals surface area (Å²) in [6.45, 7) is 0.590. The van der Waals surface area contributed by atoms with Crippen LogP contribution >= 0.6 is 11.3 Å². The zero-order chi connectivity index (χ0) is 14.2. The number of amides is 1. The molecule has 0 atom stereocenters. The van der Waals surface area contributed by atoms with Gasteiger partial charge in [-0.1, -0.05) is 6.07 Å². The Morgan fingerprint density at radius 1 is 1.30 bits per heavy atom. The highest BCUT2D eigenvalue weighted by atomic mass is 32.1. The minimum Gasteiger partial charge on any atom is -0.484 e. The van der Waals surface area contributed by atoms with Crippen LogP contribution in [0.1, 0.15) is 10.4 Å². The smallest absolute Gasteiger partial charge is 0.257 e. The molecular weight excluding hydrogens is 272 g/mol. The summed E-state index contributed by atoms with van der Waals surface area (Å²) < 4.78 is 5.34. The number of benzene rings is 1. The van der Waals surface area contributed by atoms with Crippen LogP contribution in [0.3, 0.4) is 0 Å². The molecule has 0 spiro atoms. The van der Waals surface area contributed by atoms with Crippen LogP contribution in [-0.2, 0) is 11.2 Å². The molecule has 102 valence electrons. The van der Waals surface area contributed by atoms with Crippen molar-refractivity contribution in [2.45, 2.75) is 6.42 Å². The van der Waals surface area contributed by atoms with Crippen molar-refractivity contribution in [3.63, 3.8) is 0 Å². The Balaban J connectivity index is 1.68. The number of hydrogen-bond donors (Lipinski definition) is 1. The Morgan fingerprint density at radius 2 is 2.10 bits per heavy atom. The minimum absolute atomic E-state index is 0.0175. The summed E-state index contributed by atoms with van der Waals surface area (Å²) in [5.41, 5.74) is 0.567. The van der Waals surface area contributed by atoms with Gasteiger partial charge in [-0.2, -0.15) is 5.26 Å². The van der Waals surface area contributed by atoms with Gasteiger partial charge < -0.3 is 10.1 Å². The fraction of sp³-hybridized carbons (Fsp3) is 0.200. The van der Waals surface area contributed by atoms with E-state index in [-0.39, 0.29) is 12.5 Å². The molecule has 0 fully saturated rings. The average Bonchev–Trinajstić information content (AvgIpc) is 2.99. The van der Waals surface area contributed by atoms with Crippen LogP contribution in [0.25, 0.3) is 0 Å². The Kier molecular flexibility index (Phi) is 5.15. The predicted octanol–water partition coefficient (Wildman–Crippen LogP) is 2.36. The molecule has 0 unspecified atom stereocenters. The normalized spacial score (nSPS) is 9.75. The van der Waals surface area contributed by atoms with Crippen molar-refractivity contribution in [2.24, 2.45) is 0 Å². The molecule has 0 bridgehead atoms. The number of rotatable bonds is 6. The van der Waals surface area contributed by atoms with Crippen molar-refractivity contribution >= 4 is 17.2 Å². The van der Waals surface area contributed by atoms with Gasteiger partial charge in [0.2, 0.25) is 0 Å². The molecule has 1 amide bonds. The molecule has 20 heavy (non-hydrogen) atoms. The number of thiophene rings is 1. The lowest BCUT2D eigenvalue weighted by atomic mass is 10.2. The highest BCUT2D eigenvalue weighted by molar-refractivity contribution is 7.09. The Hall–Kier alpha value is -2.32. The number of ether oxygens (including phenoxy) is 1. The molecule has 1 N–H and O–H groups in total. The molecule has 2 aromatic rings. The van der Waals surface area contributed by atoms with Gasteiger partial charge in [0.15, 0.2) is 6.61 Å². The molecule has 4 nitrogen and oxygen atoms in total. The standard InChI is InChI=1S/C15H14N2O2S/c16-10-12-3-5-13(6-4-12)19-11-15(18)17-8-7-14-2-1-9-20-14/h1-6,9H,7-8,11H2,(H,17,18). The van der Waals surface area contributed by atoms with Gasteiger partial charge >= 0.3 is 0 Å². The van der Waals surface area contributed by atoms with E-state index in [2.05, 4.69) is 5.32 Å². The number of hydrogen-bond acceptors (Lipinski definition) is 4. The van der Waals surface area contributed by atoms with Gasteiger partial charge in [-0.25, -0.2) is 0 Å². The first-order valence-corrected chi connectivity index (χ1v) is 7.08. The molecule has 1 aromatic heterocycles. The van der Waals surface area contributed by atoms with E-state index in [4.69, 9.17) is 10.00 Å². The second kappa shape index (κ2) is 7.31. The SMILES string of the molecule is N#Cc1ccc(OCC(=O)NCCc2cccs2)cc1. The summed E-state index contributed by atoms with van der Waals surface area (Å²) in [5, 5.41) is 13.5. The highest BCUT2D eigenvalue weighted by Crippen LogP contribution is 2.11. The molecule has 0 saturated carbocycles. The van der Waals surface area contributed by atoms with E-state index < -0.39 is 0 Å². The fourth-order valence-electron chi connectivity index (χ4n) is 1.61. The largest absolute Gasteiger partial charge is 0.484 e. The van der Waals surface area contributed by atoms with Gasteiger partial charge in [0.25, 0.3) is 5.91 Å². The number of nitrogens with one attached hydrogen (secondary N) is 1. The Labute approximate surface area is 121 Å². The molecule has 5 heteroatoms. The second-order valence-corrected chi connectivity index (χ2v) is 5.14. The lowest BCUT2D eigenvalue weighted by Gasteiger charge is -2.07. The first-order chi connectivity index (χ1) is 9.78. The minimum atomic E-state index is -0.147. The van der Waals surface area contributed by atoms with Crippen molar-refractivity contribution in [1.29, 1.82) is 5.26 Å². The molecule has 1 aromatic carbocycles. The van der Waals surface area contributed by atoms with Crippen LogP contribution in [0.5, 0.6) is 5.75 Å². The second-order valence-electron chi connectivity index (χ2n) is 4.10. The van der Waals surface area contributed by atoms with Gasteiger partial charge in [0.05, 0.1) is 11.6 Å². The van der Waals surface area contributed by atoms with Gasteiger partial charge in [0.1, 0.15) is 5.75 Å². The van der Waals surface area contributed by atoms with Crippen molar-refractivity contribution in [1.82, 2.24) is 5.32 Å². The molecule has 0 aliphatic carbocycles. The topological polar surface area (TPSA) is 62.1 Å². The quantitative estimate of drug-likeness (QED) is 0.886. The maximum atomic E-state index is 11.6. The first-order valence-electron chi connectivity index (χ1n) is 6.20. The number of carbonyl (C=O) groups is 1. The summed E-state index contributed by atoms with van der Waals surface area (Å²) in [5.74, 6) is 0.434. The number of nitrogens with zero attached hydrogens (tertiary/aromatic N) is 1. The lowest BCUT2D eigenvalue weighted by molar-refractivity contribution is -0.123. The van der Waals surface area contributed by atoms with Crippen molar-refractivity contribution < 1.29 is 9.53 Å². The van der Waals surface area contributed by atoms with Crippen LogP contribution < -0.4 is 10.1 Å². The van der Waals surface area contributed by atoms with Crippen molar-refractivity contribution in [3.05, 3.63) is 52.2 Å². The van der Waals surface area contributed by atoms with E-state index in [1.807, 2.05) is 23.6 Å². The van der Waals surface area contributed by atoms with E-state index in [1.165, 1.54) is 4.88 Å². The summed E-state index contributed by atoms with van der Waals surface area (Å²) in [4.78, 5) is 12.8. The number of nitriles is 1. The zero-order valence-corrected chi connectivity index (χ0v) is 11.7. The molecule has 0 aliphatic heterocycles. The maximum Gasteiger partial charge on any atom is 0.257 e. The third-order valence-electron chi connectivity index (χ3n) is 2.63. The van der Waals surface area contributed by atoms with Gasteiger partial charge in [-0.15, -0.1) is 11.3 Å². The average molecular weight is 286 g/mol. The number of carbonyl (C=O) groups excluding carboxylic acids is 1. The summed E-state index contributed by atoms with van der Waals surface area (Å²) in [6.07, 6.45) is 0.834. The maximum absolute atomic E-state index is 11.6. The summed E-state index contributed by atoms with van der Waals surface area (Å²) in [6, 6.07) is 12.7. The molecule has 2 rings (SSSR count). The van der Waals surface area contributed by atoms with Crippen molar-refractivity contribution in [2.75, 3.05) is 13.2 Å². The van der Waals surface area contributed by atoms with Crippen molar-refractivity contribution in [3.8, 4) is 11.8 Å². The third kappa shape index (κ3) is 4.41. The van der Waals surface area contributed by atoms with Gasteiger partial charge in [0, 0.05) is 11.4 Å². The Morgan fingerprint density at radius 3 is 2.75 bits per heavy atom. The van der Waals surface area contributed by atoms with E-state index in [0.29, 0.717) is 17.9 Å². The molecule has 1 heterocycles. The van der Waals surface area contributed by atoms with Crippen LogP contribution in [-0.4, -0.2) is 19.1 Å². The fourth-order valence-corrected chi connectivity index (χ4v) is 2.31. The molecule has 0 saturated heterocycles. The van der Waals surface area contributed by atoms with E-state index >= 15 is 0 Å². The highest BCUT2D eigenvalue weighted by Gasteiger charge is 2.03. The lowest BCUT2D eigenvalue weighted by Crippen LogP contribution is -2.30. The summed E-state index contributed by atoms with van der Waals surface area (Å²) >= 11 is 1.68. The third-order valence-corrected chi connectivity index (χ3v) is 3.56. The van der Waals surface area contributed by atoms with Gasteiger partial charge in [-0.3, -0.25) is 4.79 Å². The van der Waals surface area contributed by atoms with E-state index in [1.54, 1.807) is 35.6 Å². The Bertz CT molecular complexity index is 585. The molecule has 0 radical (unpaired) electrons. The van der Waals surface area contributed by atoms with Gasteiger partial charge in [-0.05, 0) is 42.1 Å². The molecular formula is C15H14N2O2S. The van der Waals surface area contributed by atoms with E-state index in [0.717, 1.165) is 6.42 Å². The van der Waals surface area contributed by atoms with Crippen LogP contribution in [0, 0.1) is 11.3 Å². The van der Waals surface area contributed by atoms with Crippen LogP contribution in [0.2, 0.25) is 0 Å².